The molecule has 4 N–H and O–H groups in total. The van der Waals surface area contributed by atoms with Gasteiger partial charge in [-0.15, -0.1) is 5.10 Å². The summed E-state index contributed by atoms with van der Waals surface area (Å²) < 4.78 is 2.08. The molecule has 0 saturated carbocycles. The van der Waals surface area contributed by atoms with Crippen molar-refractivity contribution in [1.82, 2.24) is 9.38 Å². The number of nitrogens with zero attached hydrogens (tertiary/aromatic N) is 4. The van der Waals surface area contributed by atoms with Gasteiger partial charge in [-0.25, -0.2) is 4.98 Å². The van der Waals surface area contributed by atoms with Crippen LogP contribution in [0.15, 0.2) is 71.1 Å². The summed E-state index contributed by atoms with van der Waals surface area (Å²) in [4.78, 5) is 4.80. The smallest absolute Gasteiger partial charge is 0.155 e. The second-order valence-electron chi connectivity index (χ2n) is 5.95. The number of rotatable bonds is 4. The first-order valence-electron chi connectivity index (χ1n) is 8.11. The van der Waals surface area contributed by atoms with E-state index in [0.717, 1.165) is 33.6 Å². The van der Waals surface area contributed by atoms with Gasteiger partial charge in [0.05, 0.1) is 16.6 Å². The van der Waals surface area contributed by atoms with Crippen LogP contribution in [0.1, 0.15) is 11.1 Å². The first-order chi connectivity index (χ1) is 12.7. The van der Waals surface area contributed by atoms with Gasteiger partial charge in [-0.2, -0.15) is 5.53 Å². The van der Waals surface area contributed by atoms with E-state index in [0.29, 0.717) is 5.56 Å². The van der Waals surface area contributed by atoms with Crippen LogP contribution >= 0.6 is 0 Å². The minimum absolute atomic E-state index is 0.185. The third-order valence-corrected chi connectivity index (χ3v) is 4.31. The molecule has 0 aliphatic rings. The lowest BCUT2D eigenvalue weighted by molar-refractivity contribution is 0.986. The Morgan fingerprint density at radius 1 is 1.12 bits per heavy atom. The largest absolute Gasteiger partial charge is 0.382 e. The van der Waals surface area contributed by atoms with Gasteiger partial charge in [0.2, 0.25) is 0 Å². The van der Waals surface area contributed by atoms with Gasteiger partial charge in [-0.3, -0.25) is 0 Å². The fourth-order valence-corrected chi connectivity index (χ4v) is 2.98. The third-order valence-electron chi connectivity index (χ3n) is 4.31. The van der Waals surface area contributed by atoms with Crippen LogP contribution in [0.5, 0.6) is 0 Å². The molecule has 0 fully saturated rings. The molecule has 0 radical (unpaired) electrons. The molecule has 4 aromatic rings. The minimum atomic E-state index is 0.185. The number of benzene rings is 2. The lowest BCUT2D eigenvalue weighted by Crippen LogP contribution is -2.12. The van der Waals surface area contributed by atoms with Crippen LogP contribution in [0, 0.1) is 12.5 Å². The standard InChI is InChI=1S/C19H17N7/c1-12-5-2-3-6-14(12)22-19-17-7-4-10-26(17)16-9-8-13(11-15(16)23-19)18(20)24-25-21/h2-11H,1H3,(H,22,23)(H3,20,21,24). The zero-order chi connectivity index (χ0) is 18.1. The molecule has 4 rings (SSSR count). The average molecular weight is 343 g/mol. The van der Waals surface area contributed by atoms with E-state index in [1.807, 2.05) is 54.7 Å². The molecule has 0 atom stereocenters. The predicted octanol–water partition coefficient (Wildman–Crippen LogP) is 4.19. The Labute approximate surface area is 149 Å². The summed E-state index contributed by atoms with van der Waals surface area (Å²) in [6.45, 7) is 2.05. The highest BCUT2D eigenvalue weighted by atomic mass is 15.3. The Morgan fingerprint density at radius 3 is 2.77 bits per heavy atom. The van der Waals surface area contributed by atoms with Crippen molar-refractivity contribution in [2.45, 2.75) is 6.92 Å². The highest BCUT2D eigenvalue weighted by Gasteiger charge is 2.11. The number of fused-ring (bicyclic) bond motifs is 3. The molecule has 0 unspecified atom stereocenters. The van der Waals surface area contributed by atoms with Crippen LogP contribution in [0.3, 0.4) is 0 Å². The molecule has 0 bridgehead atoms. The molecule has 7 nitrogen and oxygen atoms in total. The van der Waals surface area contributed by atoms with E-state index in [4.69, 9.17) is 16.2 Å². The van der Waals surface area contributed by atoms with Crippen molar-refractivity contribution in [2.24, 2.45) is 16.1 Å². The Bertz CT molecular complexity index is 1160. The van der Waals surface area contributed by atoms with Crippen molar-refractivity contribution in [3.05, 3.63) is 71.9 Å². The highest BCUT2D eigenvalue weighted by molar-refractivity contribution is 6.00. The molecule has 7 heteroatoms. The molecule has 0 spiro atoms. The lowest BCUT2D eigenvalue weighted by Gasteiger charge is -2.13. The van der Waals surface area contributed by atoms with E-state index in [-0.39, 0.29) is 5.84 Å². The average Bonchev–Trinajstić information content (AvgIpc) is 3.14. The van der Waals surface area contributed by atoms with Gasteiger partial charge < -0.3 is 15.5 Å². The highest BCUT2D eigenvalue weighted by Crippen LogP contribution is 2.27. The van der Waals surface area contributed by atoms with Gasteiger partial charge in [-0.05, 0) is 48.9 Å². The van der Waals surface area contributed by atoms with Gasteiger partial charge in [-0.1, -0.05) is 23.4 Å². The lowest BCUT2D eigenvalue weighted by atomic mass is 10.1. The van der Waals surface area contributed by atoms with Gasteiger partial charge in [0.25, 0.3) is 0 Å². The number of amidine groups is 1. The molecule has 2 aromatic heterocycles. The molecule has 0 amide bonds. The number of aromatic nitrogens is 2. The van der Waals surface area contributed by atoms with E-state index in [1.165, 1.54) is 0 Å². The maximum atomic E-state index is 6.84. The molecule has 0 saturated heterocycles. The van der Waals surface area contributed by atoms with Crippen molar-refractivity contribution in [1.29, 1.82) is 5.53 Å². The van der Waals surface area contributed by atoms with Crippen LogP contribution < -0.4 is 11.1 Å². The van der Waals surface area contributed by atoms with Crippen LogP contribution in [0.25, 0.3) is 16.6 Å². The second-order valence-corrected chi connectivity index (χ2v) is 5.95. The maximum absolute atomic E-state index is 6.84. The van der Waals surface area contributed by atoms with E-state index in [1.54, 1.807) is 0 Å². The van der Waals surface area contributed by atoms with E-state index >= 15 is 0 Å². The van der Waals surface area contributed by atoms with Gasteiger partial charge >= 0.3 is 0 Å². The minimum Gasteiger partial charge on any atom is -0.382 e. The summed E-state index contributed by atoms with van der Waals surface area (Å²) in [6.07, 6.45) is 2.00. The van der Waals surface area contributed by atoms with Crippen LogP contribution in [0.4, 0.5) is 11.5 Å². The first kappa shape index (κ1) is 15.8. The van der Waals surface area contributed by atoms with Crippen molar-refractivity contribution in [3.8, 4) is 0 Å². The fourth-order valence-electron chi connectivity index (χ4n) is 2.98. The van der Waals surface area contributed by atoms with Crippen molar-refractivity contribution < 1.29 is 0 Å². The van der Waals surface area contributed by atoms with Crippen molar-refractivity contribution >= 4 is 33.9 Å². The van der Waals surface area contributed by atoms with Crippen LogP contribution in [-0.2, 0) is 0 Å². The summed E-state index contributed by atoms with van der Waals surface area (Å²) in [5.41, 5.74) is 18.2. The number of nitrogens with one attached hydrogen (secondary N) is 2. The van der Waals surface area contributed by atoms with Crippen molar-refractivity contribution in [3.63, 3.8) is 0 Å². The molecule has 26 heavy (non-hydrogen) atoms. The summed E-state index contributed by atoms with van der Waals surface area (Å²) in [7, 11) is 0. The number of para-hydroxylation sites is 1. The van der Waals surface area contributed by atoms with Crippen LogP contribution in [-0.4, -0.2) is 15.2 Å². The second kappa shape index (κ2) is 6.29. The quantitative estimate of drug-likeness (QED) is 0.224. The van der Waals surface area contributed by atoms with Gasteiger partial charge in [0.15, 0.2) is 11.7 Å². The van der Waals surface area contributed by atoms with E-state index < -0.39 is 0 Å². The Hall–Kier alpha value is -3.74. The fraction of sp³-hybridized carbons (Fsp3) is 0.0526. The van der Waals surface area contributed by atoms with E-state index in [2.05, 4.69) is 33.0 Å². The SMILES string of the molecule is Cc1ccccc1Nc1nc2cc(C(N)=NN=N)ccc2n2cccc12. The zero-order valence-corrected chi connectivity index (χ0v) is 14.1. The summed E-state index contributed by atoms with van der Waals surface area (Å²) in [5.74, 6) is 0.944. The Morgan fingerprint density at radius 2 is 1.96 bits per heavy atom. The monoisotopic (exact) mass is 343 g/mol. The Kier molecular flexibility index (Phi) is 3.81. The van der Waals surface area contributed by atoms with E-state index in [9.17, 15) is 0 Å². The topological polar surface area (TPSA) is 104 Å². The molecule has 2 heterocycles. The van der Waals surface area contributed by atoms with Crippen LogP contribution in [0.2, 0.25) is 0 Å². The predicted molar refractivity (Wildman–Crippen MR) is 103 cm³/mol. The molecule has 0 aliphatic carbocycles. The number of hydrogen-bond acceptors (Lipinski definition) is 4. The van der Waals surface area contributed by atoms with Crippen molar-refractivity contribution in [2.75, 3.05) is 5.32 Å². The summed E-state index contributed by atoms with van der Waals surface area (Å²) >= 11 is 0. The summed E-state index contributed by atoms with van der Waals surface area (Å²) in [6, 6.07) is 17.7. The number of anilines is 2. The maximum Gasteiger partial charge on any atom is 0.155 e. The summed E-state index contributed by atoms with van der Waals surface area (Å²) in [5, 5.41) is 10.0. The number of hydrogen-bond donors (Lipinski definition) is 3. The third kappa shape index (κ3) is 2.65. The van der Waals surface area contributed by atoms with Gasteiger partial charge in [0.1, 0.15) is 0 Å². The Balaban J connectivity index is 1.91. The number of nitrogens with two attached hydrogens (primary N) is 1. The first-order valence-corrected chi connectivity index (χ1v) is 8.11. The number of aryl methyl sites for hydroxylation is 1. The molecule has 2 aromatic carbocycles. The normalized spacial score (nSPS) is 11.8. The molecular weight excluding hydrogens is 326 g/mol. The van der Waals surface area contributed by atoms with Gasteiger partial charge in [0, 0.05) is 17.4 Å². The molecule has 0 aliphatic heterocycles. The zero-order valence-electron chi connectivity index (χ0n) is 14.1. The molecular formula is C19H17N7. The molecule has 128 valence electrons.